The zero-order valence-corrected chi connectivity index (χ0v) is 14.4. The Kier molecular flexibility index (Phi) is 4.62. The van der Waals surface area contributed by atoms with Crippen molar-refractivity contribution in [3.8, 4) is 5.75 Å². The summed E-state index contributed by atoms with van der Waals surface area (Å²) in [7, 11) is 1.58. The van der Waals surface area contributed by atoms with Crippen LogP contribution in [0.3, 0.4) is 0 Å². The Balaban J connectivity index is 1.70. The number of aliphatic hydroxyl groups is 3. The van der Waals surface area contributed by atoms with Crippen LogP contribution in [0.15, 0.2) is 36.9 Å². The lowest BCUT2D eigenvalue weighted by molar-refractivity contribution is -0.0511. The molecule has 1 aromatic carbocycles. The van der Waals surface area contributed by atoms with E-state index in [0.717, 1.165) is 0 Å². The number of nitrogens with one attached hydrogen (secondary N) is 1. The predicted octanol–water partition coefficient (Wildman–Crippen LogP) is 0.190. The van der Waals surface area contributed by atoms with Gasteiger partial charge in [-0.1, -0.05) is 12.1 Å². The third kappa shape index (κ3) is 2.98. The van der Waals surface area contributed by atoms with Crippen molar-refractivity contribution in [2.75, 3.05) is 19.0 Å². The first-order chi connectivity index (χ1) is 13.1. The minimum atomic E-state index is -1.22. The molecule has 10 heteroatoms. The number of fused-ring (bicyclic) bond motifs is 1. The van der Waals surface area contributed by atoms with Gasteiger partial charge in [0.2, 0.25) is 0 Å². The van der Waals surface area contributed by atoms with Gasteiger partial charge in [-0.2, -0.15) is 0 Å². The molecule has 1 saturated heterocycles. The van der Waals surface area contributed by atoms with Gasteiger partial charge in [-0.05, 0) is 12.1 Å². The second-order valence-corrected chi connectivity index (χ2v) is 6.10. The van der Waals surface area contributed by atoms with Crippen molar-refractivity contribution >= 4 is 22.7 Å². The van der Waals surface area contributed by atoms with E-state index in [9.17, 15) is 15.3 Å². The number of imidazole rings is 1. The Labute approximate surface area is 154 Å². The molecule has 0 aliphatic carbocycles. The minimum Gasteiger partial charge on any atom is -0.495 e. The molecule has 4 N–H and O–H groups in total. The molecule has 0 amide bonds. The highest BCUT2D eigenvalue weighted by Gasteiger charge is 2.44. The molecule has 0 spiro atoms. The molecule has 0 saturated carbocycles. The fourth-order valence-electron chi connectivity index (χ4n) is 3.11. The number of rotatable bonds is 5. The Bertz CT molecular complexity index is 948. The van der Waals surface area contributed by atoms with Crippen molar-refractivity contribution in [3.63, 3.8) is 0 Å². The van der Waals surface area contributed by atoms with E-state index < -0.39 is 31.1 Å². The number of methoxy groups -OCH3 is 1. The van der Waals surface area contributed by atoms with Gasteiger partial charge in [-0.15, -0.1) is 0 Å². The second-order valence-electron chi connectivity index (χ2n) is 6.10. The average molecular weight is 373 g/mol. The number of hydrogen-bond acceptors (Lipinski definition) is 9. The maximum atomic E-state index is 10.3. The van der Waals surface area contributed by atoms with Crippen LogP contribution in [-0.4, -0.2) is 66.9 Å². The summed E-state index contributed by atoms with van der Waals surface area (Å²) in [6, 6.07) is 7.38. The first-order valence-corrected chi connectivity index (χ1v) is 8.34. The molecule has 3 heterocycles. The Morgan fingerprint density at radius 3 is 2.74 bits per heavy atom. The summed E-state index contributed by atoms with van der Waals surface area (Å²) >= 11 is 0. The lowest BCUT2D eigenvalue weighted by Gasteiger charge is -2.16. The van der Waals surface area contributed by atoms with E-state index in [2.05, 4.69) is 20.3 Å². The van der Waals surface area contributed by atoms with Gasteiger partial charge >= 0.3 is 0 Å². The van der Waals surface area contributed by atoms with Crippen molar-refractivity contribution in [2.45, 2.75) is 24.5 Å². The van der Waals surface area contributed by atoms with Crippen LogP contribution < -0.4 is 10.1 Å². The van der Waals surface area contributed by atoms with E-state index in [1.54, 1.807) is 7.11 Å². The molecule has 2 aromatic heterocycles. The minimum absolute atomic E-state index is 0.406. The molecule has 142 valence electrons. The van der Waals surface area contributed by atoms with Crippen LogP contribution in [0.2, 0.25) is 0 Å². The van der Waals surface area contributed by atoms with Crippen LogP contribution in [-0.2, 0) is 4.74 Å². The second kappa shape index (κ2) is 7.08. The van der Waals surface area contributed by atoms with Crippen LogP contribution >= 0.6 is 0 Å². The predicted molar refractivity (Wildman–Crippen MR) is 94.6 cm³/mol. The standard InChI is InChI=1S/C17H19N5O5/c1-26-10-5-3-2-4-9(10)21-15-12-16(19-7-18-15)22(8-20-12)17-14(25)13(24)11(6-23)27-17/h2-5,7-8,11,13-14,17,23-25H,6H2,1H3,(H,18,19,21)/t11-,13-,14-,17?/m1/s1. The summed E-state index contributed by atoms with van der Waals surface area (Å²) in [6.07, 6.45) is -1.41. The summed E-state index contributed by atoms with van der Waals surface area (Å²) in [4.78, 5) is 12.8. The van der Waals surface area contributed by atoms with Gasteiger partial charge < -0.3 is 30.1 Å². The van der Waals surface area contributed by atoms with E-state index in [1.807, 2.05) is 24.3 Å². The largest absolute Gasteiger partial charge is 0.495 e. The molecule has 1 aliphatic heterocycles. The fourth-order valence-corrected chi connectivity index (χ4v) is 3.11. The van der Waals surface area contributed by atoms with Crippen molar-refractivity contribution in [2.24, 2.45) is 0 Å². The van der Waals surface area contributed by atoms with Gasteiger partial charge in [0.1, 0.15) is 30.4 Å². The lowest BCUT2D eigenvalue weighted by Crippen LogP contribution is -2.33. The quantitative estimate of drug-likeness (QED) is 0.494. The summed E-state index contributed by atoms with van der Waals surface area (Å²) in [5, 5.41) is 32.7. The van der Waals surface area contributed by atoms with Crippen LogP contribution in [0.4, 0.5) is 11.5 Å². The number of benzene rings is 1. The molecule has 1 aliphatic rings. The highest BCUT2D eigenvalue weighted by Crippen LogP contribution is 2.33. The number of aromatic nitrogens is 4. The number of aliphatic hydroxyl groups excluding tert-OH is 3. The third-order valence-electron chi connectivity index (χ3n) is 4.51. The average Bonchev–Trinajstić information content (AvgIpc) is 3.24. The van der Waals surface area contributed by atoms with Gasteiger partial charge in [-0.25, -0.2) is 15.0 Å². The van der Waals surface area contributed by atoms with Crippen molar-refractivity contribution in [1.82, 2.24) is 19.5 Å². The van der Waals surface area contributed by atoms with Crippen LogP contribution in [0.25, 0.3) is 11.2 Å². The highest BCUT2D eigenvalue weighted by molar-refractivity contribution is 5.86. The molecule has 10 nitrogen and oxygen atoms in total. The normalized spacial score (nSPS) is 25.0. The molecule has 0 radical (unpaired) electrons. The summed E-state index contributed by atoms with van der Waals surface area (Å²) < 4.78 is 12.4. The molecule has 0 bridgehead atoms. The lowest BCUT2D eigenvalue weighted by atomic mass is 10.1. The maximum absolute atomic E-state index is 10.3. The van der Waals surface area contributed by atoms with E-state index in [-0.39, 0.29) is 0 Å². The van der Waals surface area contributed by atoms with E-state index in [0.29, 0.717) is 28.4 Å². The molecule has 3 aromatic rings. The van der Waals surface area contributed by atoms with Gasteiger partial charge in [0.05, 0.1) is 25.7 Å². The van der Waals surface area contributed by atoms with Crippen LogP contribution in [0.1, 0.15) is 6.23 Å². The highest BCUT2D eigenvalue weighted by atomic mass is 16.6. The summed E-state index contributed by atoms with van der Waals surface area (Å²) in [5.74, 6) is 1.10. The van der Waals surface area contributed by atoms with Crippen molar-refractivity contribution in [3.05, 3.63) is 36.9 Å². The van der Waals surface area contributed by atoms with Gasteiger partial charge in [0.25, 0.3) is 0 Å². The molecule has 4 rings (SSSR count). The number of anilines is 2. The molecule has 27 heavy (non-hydrogen) atoms. The Morgan fingerprint density at radius 2 is 2.00 bits per heavy atom. The van der Waals surface area contributed by atoms with Crippen molar-refractivity contribution in [1.29, 1.82) is 0 Å². The number of ether oxygens (including phenoxy) is 2. The number of para-hydroxylation sites is 2. The summed E-state index contributed by atoms with van der Waals surface area (Å²) in [5.41, 5.74) is 1.58. The SMILES string of the molecule is COc1ccccc1Nc1ncnc2c1ncn2C1O[C@H](CO)[C@@H](O)[C@H]1O. The van der Waals surface area contributed by atoms with Gasteiger partial charge in [0.15, 0.2) is 23.2 Å². The van der Waals surface area contributed by atoms with Crippen LogP contribution in [0.5, 0.6) is 5.75 Å². The number of nitrogens with zero attached hydrogens (tertiary/aromatic N) is 4. The third-order valence-corrected chi connectivity index (χ3v) is 4.51. The number of hydrogen-bond donors (Lipinski definition) is 4. The molecule has 1 fully saturated rings. The maximum Gasteiger partial charge on any atom is 0.167 e. The Morgan fingerprint density at radius 1 is 1.19 bits per heavy atom. The first kappa shape index (κ1) is 17.6. The zero-order valence-electron chi connectivity index (χ0n) is 14.4. The van der Waals surface area contributed by atoms with E-state index >= 15 is 0 Å². The topological polar surface area (TPSA) is 135 Å². The monoisotopic (exact) mass is 373 g/mol. The van der Waals surface area contributed by atoms with Crippen molar-refractivity contribution < 1.29 is 24.8 Å². The van der Waals surface area contributed by atoms with Gasteiger partial charge in [-0.3, -0.25) is 4.57 Å². The molecular weight excluding hydrogens is 354 g/mol. The van der Waals surface area contributed by atoms with E-state index in [4.69, 9.17) is 9.47 Å². The summed E-state index contributed by atoms with van der Waals surface area (Å²) in [6.45, 7) is -0.406. The Hall–Kier alpha value is -2.79. The molecule has 1 unspecified atom stereocenters. The van der Waals surface area contributed by atoms with E-state index in [1.165, 1.54) is 17.2 Å². The molecule has 4 atom stereocenters. The first-order valence-electron chi connectivity index (χ1n) is 8.34. The van der Waals surface area contributed by atoms with Crippen LogP contribution in [0, 0.1) is 0 Å². The smallest absolute Gasteiger partial charge is 0.167 e. The van der Waals surface area contributed by atoms with Gasteiger partial charge in [0, 0.05) is 0 Å². The molecular formula is C17H19N5O5. The fraction of sp³-hybridized carbons (Fsp3) is 0.353. The zero-order chi connectivity index (χ0) is 19.0.